The Bertz CT molecular complexity index is 846. The van der Waals surface area contributed by atoms with E-state index >= 15 is 0 Å². The first-order valence-electron chi connectivity index (χ1n) is 8.51. The van der Waals surface area contributed by atoms with Crippen molar-refractivity contribution in [1.29, 1.82) is 0 Å². The van der Waals surface area contributed by atoms with Gasteiger partial charge in [0.15, 0.2) is 5.01 Å². The van der Waals surface area contributed by atoms with Crippen molar-refractivity contribution in [2.75, 3.05) is 30.4 Å². The van der Waals surface area contributed by atoms with Crippen molar-refractivity contribution in [2.45, 2.75) is 18.9 Å². The van der Waals surface area contributed by atoms with Crippen molar-refractivity contribution in [3.05, 3.63) is 54.2 Å². The van der Waals surface area contributed by atoms with Gasteiger partial charge >= 0.3 is 0 Å². The molecule has 1 aliphatic rings. The Kier molecular flexibility index (Phi) is 4.36. The third-order valence-electron chi connectivity index (χ3n) is 4.57. The zero-order valence-corrected chi connectivity index (χ0v) is 15.3. The minimum Gasteiger partial charge on any atom is -0.378 e. The molecule has 4 rings (SSSR count). The first-order chi connectivity index (χ1) is 12.2. The second-order valence-electron chi connectivity index (χ2n) is 6.45. The first-order valence-corrected chi connectivity index (χ1v) is 9.33. The Morgan fingerprint density at radius 2 is 2.04 bits per heavy atom. The summed E-state index contributed by atoms with van der Waals surface area (Å²) in [7, 11) is 4.16. The second kappa shape index (κ2) is 6.80. The minimum atomic E-state index is 0.365. The molecule has 1 fully saturated rings. The molecule has 5 nitrogen and oxygen atoms in total. The van der Waals surface area contributed by atoms with Gasteiger partial charge in [0.05, 0.1) is 6.04 Å². The molecule has 0 amide bonds. The van der Waals surface area contributed by atoms with E-state index in [-0.39, 0.29) is 0 Å². The summed E-state index contributed by atoms with van der Waals surface area (Å²) in [4.78, 5) is 8.91. The highest BCUT2D eigenvalue weighted by atomic mass is 32.1. The molecule has 3 aromatic rings. The maximum Gasteiger partial charge on any atom is 0.209 e. The van der Waals surface area contributed by atoms with E-state index < -0.39 is 0 Å². The molecule has 0 bridgehead atoms. The van der Waals surface area contributed by atoms with Crippen LogP contribution in [0.3, 0.4) is 0 Å². The Hall–Kier alpha value is -2.47. The lowest BCUT2D eigenvalue weighted by Crippen LogP contribution is -2.22. The van der Waals surface area contributed by atoms with Crippen LogP contribution in [0.25, 0.3) is 10.7 Å². The van der Waals surface area contributed by atoms with Crippen molar-refractivity contribution in [2.24, 2.45) is 0 Å². The smallest absolute Gasteiger partial charge is 0.209 e. The van der Waals surface area contributed by atoms with E-state index in [4.69, 9.17) is 0 Å². The molecule has 6 heteroatoms. The summed E-state index contributed by atoms with van der Waals surface area (Å²) in [5, 5.41) is 10.7. The fraction of sp³-hybridized carbons (Fsp3) is 0.316. The molecular weight excluding hydrogens is 330 g/mol. The van der Waals surface area contributed by atoms with Crippen LogP contribution in [0.15, 0.2) is 48.7 Å². The summed E-state index contributed by atoms with van der Waals surface area (Å²) in [5.41, 5.74) is 3.46. The number of pyridine rings is 1. The van der Waals surface area contributed by atoms with Crippen LogP contribution in [0.2, 0.25) is 0 Å². The third-order valence-corrected chi connectivity index (χ3v) is 5.55. The molecule has 1 unspecified atom stereocenters. The van der Waals surface area contributed by atoms with Gasteiger partial charge in [0.2, 0.25) is 5.13 Å². The molecule has 1 atom stereocenters. The van der Waals surface area contributed by atoms with Gasteiger partial charge in [0.25, 0.3) is 0 Å². The van der Waals surface area contributed by atoms with Gasteiger partial charge in [-0.2, -0.15) is 0 Å². The molecule has 0 N–H and O–H groups in total. The van der Waals surface area contributed by atoms with Gasteiger partial charge in [-0.1, -0.05) is 29.5 Å². The van der Waals surface area contributed by atoms with Crippen LogP contribution >= 0.6 is 11.3 Å². The van der Waals surface area contributed by atoms with E-state index in [0.29, 0.717) is 6.04 Å². The summed E-state index contributed by atoms with van der Waals surface area (Å²) < 4.78 is 0. The van der Waals surface area contributed by atoms with E-state index in [1.54, 1.807) is 17.5 Å². The van der Waals surface area contributed by atoms with E-state index in [9.17, 15) is 0 Å². The molecule has 0 radical (unpaired) electrons. The average molecular weight is 351 g/mol. The number of aromatic nitrogens is 3. The number of rotatable bonds is 4. The maximum absolute atomic E-state index is 4.45. The summed E-state index contributed by atoms with van der Waals surface area (Å²) in [6.07, 6.45) is 4.12. The lowest BCUT2D eigenvalue weighted by atomic mass is 10.0. The molecule has 3 heterocycles. The summed E-state index contributed by atoms with van der Waals surface area (Å²) in [6.45, 7) is 1.02. The van der Waals surface area contributed by atoms with E-state index in [1.165, 1.54) is 17.7 Å². The van der Waals surface area contributed by atoms with Crippen LogP contribution in [0.1, 0.15) is 24.4 Å². The highest BCUT2D eigenvalue weighted by Gasteiger charge is 2.29. The van der Waals surface area contributed by atoms with Gasteiger partial charge in [-0.25, -0.2) is 0 Å². The Morgan fingerprint density at radius 3 is 2.84 bits per heavy atom. The minimum absolute atomic E-state index is 0.365. The van der Waals surface area contributed by atoms with Gasteiger partial charge in [-0.05, 0) is 42.7 Å². The van der Waals surface area contributed by atoms with Crippen molar-refractivity contribution in [1.82, 2.24) is 15.2 Å². The average Bonchev–Trinajstić information content (AvgIpc) is 3.32. The summed E-state index contributed by atoms with van der Waals surface area (Å²) >= 11 is 1.62. The Morgan fingerprint density at radius 1 is 1.12 bits per heavy atom. The normalized spacial score (nSPS) is 17.0. The van der Waals surface area contributed by atoms with Crippen molar-refractivity contribution in [3.8, 4) is 10.7 Å². The molecule has 1 aliphatic heterocycles. The van der Waals surface area contributed by atoms with Gasteiger partial charge in [-0.15, -0.1) is 10.2 Å². The molecule has 0 spiro atoms. The SMILES string of the molecule is CN(C)c1cccc(C2CCCN2c2nnc(-c3ccccn3)s2)c1. The second-order valence-corrected chi connectivity index (χ2v) is 7.40. The van der Waals surface area contributed by atoms with Crippen LogP contribution in [0.5, 0.6) is 0 Å². The van der Waals surface area contributed by atoms with Crippen LogP contribution in [0, 0.1) is 0 Å². The summed E-state index contributed by atoms with van der Waals surface area (Å²) in [5.74, 6) is 0. The molecule has 0 saturated carbocycles. The maximum atomic E-state index is 4.45. The highest BCUT2D eigenvalue weighted by Crippen LogP contribution is 2.39. The van der Waals surface area contributed by atoms with Crippen LogP contribution in [0.4, 0.5) is 10.8 Å². The largest absolute Gasteiger partial charge is 0.378 e. The van der Waals surface area contributed by atoms with Gasteiger partial charge in [0.1, 0.15) is 5.69 Å². The van der Waals surface area contributed by atoms with E-state index in [2.05, 4.69) is 63.3 Å². The van der Waals surface area contributed by atoms with Gasteiger partial charge in [0, 0.05) is 32.5 Å². The molecule has 1 aromatic carbocycles. The van der Waals surface area contributed by atoms with E-state index in [1.807, 2.05) is 18.2 Å². The topological polar surface area (TPSA) is 45.2 Å². The standard InChI is InChI=1S/C19H21N5S/c1-23(2)15-8-5-7-14(13-15)17-10-6-12-24(17)19-22-21-18(25-19)16-9-3-4-11-20-16/h3-5,7-9,11,13,17H,6,10,12H2,1-2H3. The number of hydrogen-bond acceptors (Lipinski definition) is 6. The molecule has 0 aliphatic carbocycles. The van der Waals surface area contributed by atoms with Crippen molar-refractivity contribution < 1.29 is 0 Å². The Balaban J connectivity index is 1.62. The molecular formula is C19H21N5S. The Labute approximate surface area is 152 Å². The molecule has 128 valence electrons. The van der Waals surface area contributed by atoms with Crippen LogP contribution in [-0.4, -0.2) is 35.8 Å². The number of hydrogen-bond donors (Lipinski definition) is 0. The highest BCUT2D eigenvalue weighted by molar-refractivity contribution is 7.18. The lowest BCUT2D eigenvalue weighted by Gasteiger charge is -2.25. The van der Waals surface area contributed by atoms with Crippen molar-refractivity contribution in [3.63, 3.8) is 0 Å². The quantitative estimate of drug-likeness (QED) is 0.711. The summed E-state index contributed by atoms with van der Waals surface area (Å²) in [6, 6.07) is 15.0. The van der Waals surface area contributed by atoms with Gasteiger partial charge in [-0.3, -0.25) is 4.98 Å². The monoisotopic (exact) mass is 351 g/mol. The predicted octanol–water partition coefficient (Wildman–Crippen LogP) is 4.01. The molecule has 2 aromatic heterocycles. The van der Waals surface area contributed by atoms with Gasteiger partial charge < -0.3 is 9.80 Å². The number of nitrogens with zero attached hydrogens (tertiary/aromatic N) is 5. The van der Waals surface area contributed by atoms with Crippen LogP contribution < -0.4 is 9.80 Å². The lowest BCUT2D eigenvalue weighted by molar-refractivity contribution is 0.713. The fourth-order valence-corrected chi connectivity index (χ4v) is 4.17. The fourth-order valence-electron chi connectivity index (χ4n) is 3.28. The zero-order valence-electron chi connectivity index (χ0n) is 14.5. The molecule has 1 saturated heterocycles. The third kappa shape index (κ3) is 3.22. The zero-order chi connectivity index (χ0) is 17.2. The first kappa shape index (κ1) is 16.0. The van der Waals surface area contributed by atoms with Crippen LogP contribution in [-0.2, 0) is 0 Å². The van der Waals surface area contributed by atoms with Crippen molar-refractivity contribution >= 4 is 22.2 Å². The molecule has 25 heavy (non-hydrogen) atoms. The number of benzene rings is 1. The predicted molar refractivity (Wildman–Crippen MR) is 103 cm³/mol. The number of anilines is 2. The van der Waals surface area contributed by atoms with E-state index in [0.717, 1.165) is 28.8 Å².